The molecular weight excluding hydrogens is 427 g/mol. The average Bonchev–Trinajstić information content (AvgIpc) is 2.53. The number of nitrogens with one attached hydrogen (secondary N) is 2. The van der Waals surface area contributed by atoms with Crippen LogP contribution in [-0.4, -0.2) is 60.8 Å². The number of hydrogen-bond donors (Lipinski definition) is 3. The first kappa shape index (κ1) is 24.9. The van der Waals surface area contributed by atoms with Crippen molar-refractivity contribution in [2.45, 2.75) is 72.4 Å². The van der Waals surface area contributed by atoms with E-state index in [9.17, 15) is 5.11 Å². The normalized spacial score (nSPS) is 18.3. The lowest BCUT2D eigenvalue weighted by molar-refractivity contribution is 0.167. The molecule has 1 fully saturated rings. The quantitative estimate of drug-likeness (QED) is 0.277. The highest BCUT2D eigenvalue weighted by atomic mass is 127. The van der Waals surface area contributed by atoms with Gasteiger partial charge in [-0.3, -0.25) is 4.99 Å². The Balaban J connectivity index is 0.00000576. The van der Waals surface area contributed by atoms with E-state index in [-0.39, 0.29) is 30.6 Å². The van der Waals surface area contributed by atoms with Gasteiger partial charge in [-0.1, -0.05) is 13.8 Å². The Morgan fingerprint density at radius 1 is 1.20 bits per heavy atom. The van der Waals surface area contributed by atoms with Crippen LogP contribution in [0.5, 0.6) is 0 Å². The number of piperidine rings is 1. The van der Waals surface area contributed by atoms with Crippen molar-refractivity contribution in [3.63, 3.8) is 0 Å². The fourth-order valence-electron chi connectivity index (χ4n) is 3.43. The molecule has 1 rings (SSSR count). The summed E-state index contributed by atoms with van der Waals surface area (Å²) in [7, 11) is 0. The summed E-state index contributed by atoms with van der Waals surface area (Å²) in [6.45, 7) is 15.4. The zero-order chi connectivity index (χ0) is 17.9. The smallest absolute Gasteiger partial charge is 0.191 e. The summed E-state index contributed by atoms with van der Waals surface area (Å²) in [6.07, 6.45) is 4.31. The van der Waals surface area contributed by atoms with Gasteiger partial charge in [-0.2, -0.15) is 0 Å². The summed E-state index contributed by atoms with van der Waals surface area (Å²) in [4.78, 5) is 7.35. The topological polar surface area (TPSA) is 59.9 Å². The Morgan fingerprint density at radius 3 is 2.32 bits per heavy atom. The van der Waals surface area contributed by atoms with E-state index in [1.807, 2.05) is 0 Å². The molecule has 5 nitrogen and oxygen atoms in total. The lowest BCUT2D eigenvalue weighted by Crippen LogP contribution is -2.50. The third kappa shape index (κ3) is 10.6. The first-order valence-electron chi connectivity index (χ1n) is 9.85. The van der Waals surface area contributed by atoms with Crippen LogP contribution < -0.4 is 10.6 Å². The van der Waals surface area contributed by atoms with Crippen molar-refractivity contribution in [2.75, 3.05) is 32.8 Å². The highest BCUT2D eigenvalue weighted by Gasteiger charge is 2.21. The molecule has 25 heavy (non-hydrogen) atoms. The molecule has 0 radical (unpaired) electrons. The van der Waals surface area contributed by atoms with Crippen molar-refractivity contribution in [2.24, 2.45) is 16.8 Å². The van der Waals surface area contributed by atoms with Crippen molar-refractivity contribution in [1.82, 2.24) is 15.5 Å². The number of aliphatic hydroxyl groups is 1. The van der Waals surface area contributed by atoms with Crippen molar-refractivity contribution in [3.05, 3.63) is 0 Å². The number of guanidine groups is 1. The summed E-state index contributed by atoms with van der Waals surface area (Å²) in [5.41, 5.74) is 0. The van der Waals surface area contributed by atoms with Gasteiger partial charge in [-0.15, -0.1) is 24.0 Å². The highest BCUT2D eigenvalue weighted by molar-refractivity contribution is 14.0. The second-order valence-electron chi connectivity index (χ2n) is 7.78. The number of aliphatic imine (C=N–C) groups is 1. The Hall–Kier alpha value is -0.0800. The molecule has 1 atom stereocenters. The molecule has 0 aromatic heterocycles. The predicted octanol–water partition coefficient (Wildman–Crippen LogP) is 3.08. The van der Waals surface area contributed by atoms with Crippen LogP contribution in [-0.2, 0) is 0 Å². The lowest BCUT2D eigenvalue weighted by atomic mass is 9.94. The fourth-order valence-corrected chi connectivity index (χ4v) is 3.43. The number of hydrogen-bond acceptors (Lipinski definition) is 3. The lowest BCUT2D eigenvalue weighted by Gasteiger charge is -2.35. The van der Waals surface area contributed by atoms with E-state index in [1.54, 1.807) is 0 Å². The predicted molar refractivity (Wildman–Crippen MR) is 119 cm³/mol. The van der Waals surface area contributed by atoms with Gasteiger partial charge in [-0.05, 0) is 58.3 Å². The van der Waals surface area contributed by atoms with Crippen molar-refractivity contribution < 1.29 is 5.11 Å². The Labute approximate surface area is 172 Å². The van der Waals surface area contributed by atoms with Gasteiger partial charge in [0.2, 0.25) is 0 Å². The fraction of sp³-hybridized carbons (Fsp3) is 0.947. The van der Waals surface area contributed by atoms with Crippen LogP contribution in [0, 0.1) is 11.8 Å². The minimum absolute atomic E-state index is 0. The monoisotopic (exact) mass is 468 g/mol. The molecule has 3 N–H and O–H groups in total. The summed E-state index contributed by atoms with van der Waals surface area (Å²) in [6, 6.07) is 1.15. The summed E-state index contributed by atoms with van der Waals surface area (Å²) < 4.78 is 0. The maximum atomic E-state index is 9.26. The number of rotatable bonds is 9. The van der Waals surface area contributed by atoms with Gasteiger partial charge in [0.05, 0.1) is 0 Å². The zero-order valence-electron chi connectivity index (χ0n) is 16.9. The minimum Gasteiger partial charge on any atom is -0.396 e. The number of likely N-dealkylation sites (tertiary alicyclic amines) is 1. The van der Waals surface area contributed by atoms with Crippen molar-refractivity contribution >= 4 is 29.9 Å². The van der Waals surface area contributed by atoms with Crippen LogP contribution in [0.4, 0.5) is 0 Å². The first-order valence-corrected chi connectivity index (χ1v) is 9.85. The van der Waals surface area contributed by atoms with Gasteiger partial charge in [0.15, 0.2) is 5.96 Å². The molecule has 0 aromatic carbocycles. The molecule has 0 spiro atoms. The Bertz CT molecular complexity index is 355. The minimum atomic E-state index is 0. The van der Waals surface area contributed by atoms with Gasteiger partial charge in [-0.25, -0.2) is 0 Å². The van der Waals surface area contributed by atoms with Crippen molar-refractivity contribution in [1.29, 1.82) is 0 Å². The molecular formula is C19H41IN4O. The van der Waals surface area contributed by atoms with E-state index in [0.717, 1.165) is 45.0 Å². The third-order valence-electron chi connectivity index (χ3n) is 4.79. The van der Waals surface area contributed by atoms with E-state index in [0.29, 0.717) is 23.9 Å². The van der Waals surface area contributed by atoms with Crippen molar-refractivity contribution in [3.8, 4) is 0 Å². The van der Waals surface area contributed by atoms with Gasteiger partial charge < -0.3 is 20.6 Å². The Kier molecular flexibility index (Phi) is 14.0. The summed E-state index contributed by atoms with van der Waals surface area (Å²) >= 11 is 0. The zero-order valence-corrected chi connectivity index (χ0v) is 19.3. The van der Waals surface area contributed by atoms with Gasteiger partial charge >= 0.3 is 0 Å². The maximum Gasteiger partial charge on any atom is 0.191 e. The van der Waals surface area contributed by atoms with Gasteiger partial charge in [0.1, 0.15) is 0 Å². The van der Waals surface area contributed by atoms with Crippen LogP contribution in [0.1, 0.15) is 60.3 Å². The second-order valence-corrected chi connectivity index (χ2v) is 7.78. The average molecular weight is 468 g/mol. The van der Waals surface area contributed by atoms with Crippen LogP contribution >= 0.6 is 24.0 Å². The summed E-state index contributed by atoms with van der Waals surface area (Å²) in [5, 5.41) is 16.3. The van der Waals surface area contributed by atoms with E-state index < -0.39 is 0 Å². The van der Waals surface area contributed by atoms with Crippen LogP contribution in [0.15, 0.2) is 4.99 Å². The number of aliphatic hydroxyl groups excluding tert-OH is 1. The SMILES string of the molecule is CCNC(=NCC(CCO)CC(C)C)NC1CCN(C(C)C)CC1.I. The molecule has 1 aliphatic heterocycles. The van der Waals surface area contributed by atoms with E-state index in [2.05, 4.69) is 50.2 Å². The standard InChI is InChI=1S/C19H40N4O.HI/c1-6-20-19(21-14-17(9-12-24)13-15(2)3)22-18-7-10-23(11-8-18)16(4)5;/h15-18,24H,6-14H2,1-5H3,(H2,20,21,22);1H. The van der Waals surface area contributed by atoms with Crippen LogP contribution in [0.25, 0.3) is 0 Å². The molecule has 1 unspecified atom stereocenters. The highest BCUT2D eigenvalue weighted by Crippen LogP contribution is 2.16. The molecule has 6 heteroatoms. The molecule has 0 amide bonds. The van der Waals surface area contributed by atoms with E-state index in [1.165, 1.54) is 12.8 Å². The van der Waals surface area contributed by atoms with Crippen LogP contribution in [0.2, 0.25) is 0 Å². The summed E-state index contributed by atoms with van der Waals surface area (Å²) in [5.74, 6) is 2.05. The molecule has 1 saturated heterocycles. The molecule has 0 bridgehead atoms. The molecule has 0 aromatic rings. The largest absolute Gasteiger partial charge is 0.396 e. The molecule has 150 valence electrons. The number of halogens is 1. The number of nitrogens with zero attached hydrogens (tertiary/aromatic N) is 2. The Morgan fingerprint density at radius 2 is 1.84 bits per heavy atom. The third-order valence-corrected chi connectivity index (χ3v) is 4.79. The van der Waals surface area contributed by atoms with Gasteiger partial charge in [0.25, 0.3) is 0 Å². The van der Waals surface area contributed by atoms with Crippen LogP contribution in [0.3, 0.4) is 0 Å². The first-order chi connectivity index (χ1) is 11.5. The molecule has 0 aliphatic carbocycles. The van der Waals surface area contributed by atoms with E-state index in [4.69, 9.17) is 4.99 Å². The molecule has 0 saturated carbocycles. The van der Waals surface area contributed by atoms with Gasteiger partial charge in [0, 0.05) is 44.9 Å². The van der Waals surface area contributed by atoms with E-state index >= 15 is 0 Å². The molecule has 1 heterocycles. The maximum absolute atomic E-state index is 9.26. The second kappa shape index (κ2) is 14.0. The molecule has 1 aliphatic rings.